The standard InChI is InChI=1S/C16H15FN2O/c1-2-19(11-5-10-18)16(20)14-8-9-15(17)13-7-4-3-6-12(13)14/h3-4,6-9H,2,5,11H2,1H3. The molecule has 0 radical (unpaired) electrons. The van der Waals surface area contributed by atoms with Crippen LogP contribution >= 0.6 is 0 Å². The second-order valence-corrected chi connectivity index (χ2v) is 4.43. The fourth-order valence-electron chi connectivity index (χ4n) is 2.21. The summed E-state index contributed by atoms with van der Waals surface area (Å²) in [4.78, 5) is 14.1. The van der Waals surface area contributed by atoms with E-state index < -0.39 is 0 Å². The molecule has 0 aliphatic heterocycles. The van der Waals surface area contributed by atoms with Gasteiger partial charge in [0.05, 0.1) is 12.5 Å². The molecule has 0 atom stereocenters. The van der Waals surface area contributed by atoms with Gasteiger partial charge in [-0.25, -0.2) is 4.39 Å². The minimum absolute atomic E-state index is 0.168. The Balaban J connectivity index is 2.45. The van der Waals surface area contributed by atoms with Crippen molar-refractivity contribution in [3.63, 3.8) is 0 Å². The van der Waals surface area contributed by atoms with E-state index in [9.17, 15) is 9.18 Å². The molecule has 0 aromatic heterocycles. The number of hydrogen-bond donors (Lipinski definition) is 0. The van der Waals surface area contributed by atoms with Gasteiger partial charge in [0.2, 0.25) is 0 Å². The number of hydrogen-bond acceptors (Lipinski definition) is 2. The van der Waals surface area contributed by atoms with Crippen LogP contribution in [-0.2, 0) is 0 Å². The summed E-state index contributed by atoms with van der Waals surface area (Å²) in [7, 11) is 0. The zero-order chi connectivity index (χ0) is 14.5. The molecule has 3 nitrogen and oxygen atoms in total. The van der Waals surface area contributed by atoms with Crippen molar-refractivity contribution in [3.8, 4) is 6.07 Å². The van der Waals surface area contributed by atoms with E-state index in [0.717, 1.165) is 0 Å². The monoisotopic (exact) mass is 270 g/mol. The number of halogens is 1. The van der Waals surface area contributed by atoms with Crippen LogP contribution in [0.5, 0.6) is 0 Å². The van der Waals surface area contributed by atoms with Gasteiger partial charge in [0.25, 0.3) is 5.91 Å². The van der Waals surface area contributed by atoms with E-state index in [1.54, 1.807) is 29.2 Å². The van der Waals surface area contributed by atoms with E-state index in [2.05, 4.69) is 0 Å². The van der Waals surface area contributed by atoms with Gasteiger partial charge in [-0.05, 0) is 24.4 Å². The number of nitriles is 1. The third kappa shape index (κ3) is 2.62. The summed E-state index contributed by atoms with van der Waals surface area (Å²) >= 11 is 0. The van der Waals surface area contributed by atoms with Crippen LogP contribution in [0.1, 0.15) is 23.7 Å². The van der Waals surface area contributed by atoms with E-state index in [1.165, 1.54) is 12.1 Å². The Bertz CT molecular complexity index is 676. The Morgan fingerprint density at radius 1 is 1.25 bits per heavy atom. The van der Waals surface area contributed by atoms with Gasteiger partial charge >= 0.3 is 0 Å². The molecule has 102 valence electrons. The van der Waals surface area contributed by atoms with Gasteiger partial charge in [0, 0.05) is 24.0 Å². The molecule has 0 N–H and O–H groups in total. The lowest BCUT2D eigenvalue weighted by Crippen LogP contribution is -2.31. The summed E-state index contributed by atoms with van der Waals surface area (Å²) in [5.41, 5.74) is 0.474. The molecule has 0 saturated heterocycles. The first-order chi connectivity index (χ1) is 9.69. The lowest BCUT2D eigenvalue weighted by atomic mass is 10.0. The van der Waals surface area contributed by atoms with Crippen molar-refractivity contribution in [1.82, 2.24) is 4.90 Å². The normalized spacial score (nSPS) is 10.2. The summed E-state index contributed by atoms with van der Waals surface area (Å²) in [6, 6.07) is 11.8. The molecule has 2 aromatic carbocycles. The molecule has 0 fully saturated rings. The number of benzene rings is 2. The van der Waals surface area contributed by atoms with Crippen LogP contribution in [0.25, 0.3) is 10.8 Å². The van der Waals surface area contributed by atoms with Gasteiger partial charge in [0.1, 0.15) is 5.82 Å². The summed E-state index contributed by atoms with van der Waals surface area (Å²) in [6.07, 6.45) is 0.290. The quantitative estimate of drug-likeness (QED) is 0.855. The molecule has 0 aliphatic carbocycles. The molecule has 0 heterocycles. The predicted octanol–water partition coefficient (Wildman–Crippen LogP) is 3.35. The fraction of sp³-hybridized carbons (Fsp3) is 0.250. The first-order valence-corrected chi connectivity index (χ1v) is 6.52. The van der Waals surface area contributed by atoms with Gasteiger partial charge in [-0.2, -0.15) is 5.26 Å². The zero-order valence-electron chi connectivity index (χ0n) is 11.3. The van der Waals surface area contributed by atoms with E-state index >= 15 is 0 Å². The van der Waals surface area contributed by atoms with Crippen molar-refractivity contribution in [2.45, 2.75) is 13.3 Å². The third-order valence-corrected chi connectivity index (χ3v) is 3.26. The van der Waals surface area contributed by atoms with Crippen molar-refractivity contribution in [1.29, 1.82) is 5.26 Å². The number of fused-ring (bicyclic) bond motifs is 1. The van der Waals surface area contributed by atoms with Crippen molar-refractivity contribution >= 4 is 16.7 Å². The minimum atomic E-state index is -0.336. The summed E-state index contributed by atoms with van der Waals surface area (Å²) in [5.74, 6) is -0.504. The van der Waals surface area contributed by atoms with Crippen molar-refractivity contribution in [3.05, 3.63) is 47.8 Å². The lowest BCUT2D eigenvalue weighted by Gasteiger charge is -2.20. The van der Waals surface area contributed by atoms with Crippen LogP contribution in [0.2, 0.25) is 0 Å². The Kier molecular flexibility index (Phi) is 4.31. The molecule has 0 saturated carbocycles. The highest BCUT2D eigenvalue weighted by Crippen LogP contribution is 2.23. The highest BCUT2D eigenvalue weighted by Gasteiger charge is 2.17. The maximum Gasteiger partial charge on any atom is 0.254 e. The highest BCUT2D eigenvalue weighted by atomic mass is 19.1. The molecule has 20 heavy (non-hydrogen) atoms. The van der Waals surface area contributed by atoms with Crippen LogP contribution in [-0.4, -0.2) is 23.9 Å². The van der Waals surface area contributed by atoms with E-state index in [0.29, 0.717) is 35.8 Å². The third-order valence-electron chi connectivity index (χ3n) is 3.26. The van der Waals surface area contributed by atoms with Crippen molar-refractivity contribution in [2.75, 3.05) is 13.1 Å². The maximum atomic E-state index is 13.7. The van der Waals surface area contributed by atoms with Gasteiger partial charge in [-0.1, -0.05) is 24.3 Å². The second-order valence-electron chi connectivity index (χ2n) is 4.43. The topological polar surface area (TPSA) is 44.1 Å². The molecule has 0 bridgehead atoms. The lowest BCUT2D eigenvalue weighted by molar-refractivity contribution is 0.0770. The van der Waals surface area contributed by atoms with Crippen molar-refractivity contribution in [2.24, 2.45) is 0 Å². The van der Waals surface area contributed by atoms with Crippen LogP contribution < -0.4 is 0 Å². The number of carbonyl (C=O) groups excluding carboxylic acids is 1. The Labute approximate surface area is 117 Å². The molecular formula is C16H15FN2O. The van der Waals surface area contributed by atoms with Gasteiger partial charge in [-0.15, -0.1) is 0 Å². The summed E-state index contributed by atoms with van der Waals surface area (Å²) in [5, 5.41) is 9.68. The van der Waals surface area contributed by atoms with E-state index in [4.69, 9.17) is 5.26 Å². The molecule has 0 unspecified atom stereocenters. The largest absolute Gasteiger partial charge is 0.338 e. The molecule has 4 heteroatoms. The smallest absolute Gasteiger partial charge is 0.254 e. The molecular weight excluding hydrogens is 255 g/mol. The molecule has 0 aliphatic rings. The second kappa shape index (κ2) is 6.16. The molecule has 0 spiro atoms. The Hall–Kier alpha value is -2.41. The van der Waals surface area contributed by atoms with Crippen molar-refractivity contribution < 1.29 is 9.18 Å². The number of rotatable bonds is 4. The summed E-state index contributed by atoms with van der Waals surface area (Å²) in [6.45, 7) is 2.77. The predicted molar refractivity (Wildman–Crippen MR) is 75.7 cm³/mol. The molecule has 2 aromatic rings. The first-order valence-electron chi connectivity index (χ1n) is 6.52. The van der Waals surface area contributed by atoms with Crippen LogP contribution in [0.4, 0.5) is 4.39 Å². The zero-order valence-corrected chi connectivity index (χ0v) is 11.3. The summed E-state index contributed by atoms with van der Waals surface area (Å²) < 4.78 is 13.7. The Morgan fingerprint density at radius 2 is 1.95 bits per heavy atom. The Morgan fingerprint density at radius 3 is 2.60 bits per heavy atom. The maximum absolute atomic E-state index is 13.7. The van der Waals surface area contributed by atoms with Crippen LogP contribution in [0.3, 0.4) is 0 Å². The molecule has 2 rings (SSSR count). The average molecular weight is 270 g/mol. The first kappa shape index (κ1) is 14.0. The fourth-order valence-corrected chi connectivity index (χ4v) is 2.21. The van der Waals surface area contributed by atoms with Crippen LogP contribution in [0, 0.1) is 17.1 Å². The van der Waals surface area contributed by atoms with Gasteiger partial charge in [0.15, 0.2) is 0 Å². The average Bonchev–Trinajstić information content (AvgIpc) is 2.48. The number of nitrogens with zero attached hydrogens (tertiary/aromatic N) is 2. The molecule has 1 amide bonds. The number of amides is 1. The minimum Gasteiger partial charge on any atom is -0.338 e. The van der Waals surface area contributed by atoms with Crippen LogP contribution in [0.15, 0.2) is 36.4 Å². The van der Waals surface area contributed by atoms with Gasteiger partial charge in [-0.3, -0.25) is 4.79 Å². The van der Waals surface area contributed by atoms with Gasteiger partial charge < -0.3 is 4.90 Å². The van der Waals surface area contributed by atoms with E-state index in [-0.39, 0.29) is 11.7 Å². The van der Waals surface area contributed by atoms with E-state index in [1.807, 2.05) is 13.0 Å². The number of carbonyl (C=O) groups is 1. The SMILES string of the molecule is CCN(CCC#N)C(=O)c1ccc(F)c2ccccc12. The highest BCUT2D eigenvalue weighted by molar-refractivity contribution is 6.07.